The third-order valence-electron chi connectivity index (χ3n) is 7.12. The summed E-state index contributed by atoms with van der Waals surface area (Å²) in [6.07, 6.45) is -7.12. The van der Waals surface area contributed by atoms with Crippen LogP contribution in [0, 0.1) is 0 Å². The SMILES string of the molecule is CC1CN(CCCc2nc(Nc3ccc(CC(F)(F)F)cc3)c3ccc(-c4ncccc4C(F)(F)F)cc3n2)CC(C)O1. The Hall–Kier alpha value is -3.77. The lowest BCUT2D eigenvalue weighted by Crippen LogP contribution is -2.45. The molecule has 12 heteroatoms. The second-order valence-electron chi connectivity index (χ2n) is 10.9. The third kappa shape index (κ3) is 7.99. The summed E-state index contributed by atoms with van der Waals surface area (Å²) in [7, 11) is 0. The van der Waals surface area contributed by atoms with Gasteiger partial charge in [0.2, 0.25) is 0 Å². The highest BCUT2D eigenvalue weighted by Gasteiger charge is 2.34. The van der Waals surface area contributed by atoms with Gasteiger partial charge in [-0.25, -0.2) is 9.97 Å². The largest absolute Gasteiger partial charge is 0.418 e. The zero-order chi connectivity index (χ0) is 30.8. The Morgan fingerprint density at radius 1 is 0.930 bits per heavy atom. The molecule has 3 heterocycles. The first-order valence-electron chi connectivity index (χ1n) is 14.0. The van der Waals surface area contributed by atoms with Gasteiger partial charge in [-0.3, -0.25) is 9.88 Å². The lowest BCUT2D eigenvalue weighted by atomic mass is 10.0. The van der Waals surface area contributed by atoms with Crippen molar-refractivity contribution in [1.29, 1.82) is 0 Å². The van der Waals surface area contributed by atoms with Crippen LogP contribution < -0.4 is 5.32 Å². The van der Waals surface area contributed by atoms with Crippen molar-refractivity contribution >= 4 is 22.4 Å². The van der Waals surface area contributed by atoms with E-state index in [0.29, 0.717) is 34.7 Å². The van der Waals surface area contributed by atoms with E-state index in [1.807, 2.05) is 13.8 Å². The molecule has 0 radical (unpaired) electrons. The minimum Gasteiger partial charge on any atom is -0.373 e. The molecule has 2 atom stereocenters. The number of alkyl halides is 6. The number of aryl methyl sites for hydroxylation is 1. The van der Waals surface area contributed by atoms with Crippen LogP contribution in [0.25, 0.3) is 22.2 Å². The van der Waals surface area contributed by atoms with E-state index in [0.717, 1.165) is 32.1 Å². The van der Waals surface area contributed by atoms with Crippen molar-refractivity contribution < 1.29 is 31.1 Å². The summed E-state index contributed by atoms with van der Waals surface area (Å²) in [5.41, 5.74) is 0.256. The van der Waals surface area contributed by atoms with E-state index >= 15 is 0 Å². The minimum absolute atomic E-state index is 0.124. The number of hydrogen-bond acceptors (Lipinski definition) is 6. The highest BCUT2D eigenvalue weighted by atomic mass is 19.4. The number of ether oxygens (including phenoxy) is 1. The fraction of sp³-hybridized carbons (Fsp3) is 0.387. The molecule has 2 unspecified atom stereocenters. The van der Waals surface area contributed by atoms with E-state index in [-0.39, 0.29) is 29.0 Å². The van der Waals surface area contributed by atoms with Gasteiger partial charge in [-0.1, -0.05) is 18.2 Å². The van der Waals surface area contributed by atoms with Crippen molar-refractivity contribution in [3.8, 4) is 11.3 Å². The summed E-state index contributed by atoms with van der Waals surface area (Å²) in [6.45, 7) is 6.49. The zero-order valence-electron chi connectivity index (χ0n) is 23.6. The van der Waals surface area contributed by atoms with E-state index in [1.54, 1.807) is 12.1 Å². The van der Waals surface area contributed by atoms with Gasteiger partial charge in [-0.05, 0) is 68.8 Å². The Morgan fingerprint density at radius 3 is 2.33 bits per heavy atom. The first-order valence-corrected chi connectivity index (χ1v) is 14.0. The molecule has 1 N–H and O–H groups in total. The molecule has 5 rings (SSSR count). The van der Waals surface area contributed by atoms with Crippen LogP contribution in [0.1, 0.15) is 37.2 Å². The van der Waals surface area contributed by atoms with Gasteiger partial charge in [0, 0.05) is 42.3 Å². The standard InChI is InChI=1S/C31H31F6N5O/c1-19-17-42(18-20(2)43-19)14-4-6-27-40-26-15-22(28-25(31(35,36)37)5-3-13-38-28)9-12-24(26)29(41-27)39-23-10-7-21(8-11-23)16-30(32,33)34/h3,5,7-13,15,19-20H,4,6,14,16-18H2,1-2H3,(H,39,40,41). The fourth-order valence-electron chi connectivity index (χ4n) is 5.40. The maximum absolute atomic E-state index is 13.7. The fourth-order valence-corrected chi connectivity index (χ4v) is 5.40. The highest BCUT2D eigenvalue weighted by molar-refractivity contribution is 5.93. The van der Waals surface area contributed by atoms with Crippen molar-refractivity contribution in [2.24, 2.45) is 0 Å². The van der Waals surface area contributed by atoms with Crippen LogP contribution >= 0.6 is 0 Å². The molecule has 0 amide bonds. The summed E-state index contributed by atoms with van der Waals surface area (Å²) in [4.78, 5) is 15.7. The number of benzene rings is 2. The van der Waals surface area contributed by atoms with E-state index in [9.17, 15) is 26.3 Å². The van der Waals surface area contributed by atoms with Crippen molar-refractivity contribution in [3.63, 3.8) is 0 Å². The Kier molecular flexibility index (Phi) is 8.89. The molecule has 2 aromatic heterocycles. The van der Waals surface area contributed by atoms with Crippen LogP contribution in [-0.4, -0.2) is 57.9 Å². The zero-order valence-corrected chi connectivity index (χ0v) is 23.6. The summed E-state index contributed by atoms with van der Waals surface area (Å²) in [6, 6.07) is 12.8. The molecule has 0 spiro atoms. The summed E-state index contributed by atoms with van der Waals surface area (Å²) >= 11 is 0. The lowest BCUT2D eigenvalue weighted by Gasteiger charge is -2.35. The Labute approximate surface area is 245 Å². The van der Waals surface area contributed by atoms with Crippen LogP contribution in [0.2, 0.25) is 0 Å². The molecule has 4 aromatic rings. The normalized spacial score (nSPS) is 18.2. The van der Waals surface area contributed by atoms with Gasteiger partial charge in [-0.2, -0.15) is 26.3 Å². The molecule has 6 nitrogen and oxygen atoms in total. The Bertz CT molecular complexity index is 1550. The van der Waals surface area contributed by atoms with Crippen LogP contribution in [0.4, 0.5) is 37.8 Å². The molecule has 0 aliphatic carbocycles. The molecule has 1 fully saturated rings. The van der Waals surface area contributed by atoms with Gasteiger partial charge in [0.05, 0.1) is 35.4 Å². The summed E-state index contributed by atoms with van der Waals surface area (Å²) < 4.78 is 85.4. The quantitative estimate of drug-likeness (QED) is 0.209. The van der Waals surface area contributed by atoms with Crippen molar-refractivity contribution in [2.75, 3.05) is 25.0 Å². The van der Waals surface area contributed by atoms with Crippen molar-refractivity contribution in [2.45, 2.75) is 57.7 Å². The second-order valence-corrected chi connectivity index (χ2v) is 10.9. The molecular weight excluding hydrogens is 572 g/mol. The average Bonchev–Trinajstić information content (AvgIpc) is 2.92. The van der Waals surface area contributed by atoms with Gasteiger partial charge < -0.3 is 10.1 Å². The number of pyridine rings is 1. The average molecular weight is 604 g/mol. The summed E-state index contributed by atoms with van der Waals surface area (Å²) in [5.74, 6) is 0.896. The Balaban J connectivity index is 1.46. The number of anilines is 2. The first-order chi connectivity index (χ1) is 20.3. The van der Waals surface area contributed by atoms with Crippen molar-refractivity contribution in [3.05, 3.63) is 77.7 Å². The number of hydrogen-bond donors (Lipinski definition) is 1. The highest BCUT2D eigenvalue weighted by Crippen LogP contribution is 2.37. The number of fused-ring (bicyclic) bond motifs is 1. The molecule has 2 aromatic carbocycles. The van der Waals surface area contributed by atoms with Gasteiger partial charge in [0.25, 0.3) is 0 Å². The predicted molar refractivity (Wildman–Crippen MR) is 152 cm³/mol. The topological polar surface area (TPSA) is 63.2 Å². The minimum atomic E-state index is -4.59. The molecule has 1 aliphatic rings. The molecule has 43 heavy (non-hydrogen) atoms. The van der Waals surface area contributed by atoms with Gasteiger partial charge >= 0.3 is 12.4 Å². The van der Waals surface area contributed by atoms with E-state index < -0.39 is 24.3 Å². The summed E-state index contributed by atoms with van der Waals surface area (Å²) in [5, 5.41) is 3.72. The number of halogens is 6. The lowest BCUT2D eigenvalue weighted by molar-refractivity contribution is -0.137. The van der Waals surface area contributed by atoms with Gasteiger partial charge in [0.15, 0.2) is 0 Å². The molecule has 1 saturated heterocycles. The number of nitrogens with one attached hydrogen (secondary N) is 1. The van der Waals surface area contributed by atoms with E-state index in [4.69, 9.17) is 14.7 Å². The van der Waals surface area contributed by atoms with E-state index in [2.05, 4.69) is 15.2 Å². The molecule has 1 aliphatic heterocycles. The third-order valence-corrected chi connectivity index (χ3v) is 7.12. The van der Waals surface area contributed by atoms with Crippen LogP contribution in [0.15, 0.2) is 60.8 Å². The number of morpholine rings is 1. The van der Waals surface area contributed by atoms with Gasteiger partial charge in [0.1, 0.15) is 11.6 Å². The number of nitrogens with zero attached hydrogens (tertiary/aromatic N) is 4. The molecular formula is C31H31F6N5O. The second kappa shape index (κ2) is 12.5. The molecule has 228 valence electrons. The van der Waals surface area contributed by atoms with Crippen molar-refractivity contribution in [1.82, 2.24) is 19.9 Å². The maximum Gasteiger partial charge on any atom is 0.418 e. The predicted octanol–water partition coefficient (Wildman–Crippen LogP) is 7.60. The number of aromatic nitrogens is 3. The number of rotatable bonds is 8. The Morgan fingerprint density at radius 2 is 1.65 bits per heavy atom. The molecule has 0 bridgehead atoms. The van der Waals surface area contributed by atoms with Gasteiger partial charge in [-0.15, -0.1) is 0 Å². The smallest absolute Gasteiger partial charge is 0.373 e. The van der Waals surface area contributed by atoms with E-state index in [1.165, 1.54) is 42.6 Å². The van der Waals surface area contributed by atoms with Crippen LogP contribution in [-0.2, 0) is 23.8 Å². The first kappa shape index (κ1) is 30.7. The van der Waals surface area contributed by atoms with Crippen LogP contribution in [0.3, 0.4) is 0 Å². The maximum atomic E-state index is 13.7. The molecule has 0 saturated carbocycles. The van der Waals surface area contributed by atoms with Crippen LogP contribution in [0.5, 0.6) is 0 Å². The monoisotopic (exact) mass is 603 g/mol.